The number of aromatic carboxylic acids is 1. The van der Waals surface area contributed by atoms with Crippen LogP contribution < -0.4 is 5.32 Å². The monoisotopic (exact) mass is 312 g/mol. The van der Waals surface area contributed by atoms with Gasteiger partial charge in [-0.25, -0.2) is 18.6 Å². The van der Waals surface area contributed by atoms with E-state index in [1.165, 1.54) is 6.07 Å². The molecule has 0 saturated carbocycles. The maximum atomic E-state index is 13.2. The number of carbonyl (C=O) groups is 2. The number of nitrogens with one attached hydrogen (secondary N) is 1. The van der Waals surface area contributed by atoms with Crippen LogP contribution in [0.2, 0.25) is 5.15 Å². The average Bonchev–Trinajstić information content (AvgIpc) is 2.43. The Morgan fingerprint density at radius 2 is 1.90 bits per heavy atom. The number of anilines is 1. The molecular formula is C13H7ClF2N2O3. The Balaban J connectivity index is 2.29. The van der Waals surface area contributed by atoms with Crippen molar-refractivity contribution in [1.29, 1.82) is 0 Å². The van der Waals surface area contributed by atoms with Crippen LogP contribution in [0, 0.1) is 11.6 Å². The molecule has 0 radical (unpaired) electrons. The van der Waals surface area contributed by atoms with E-state index < -0.39 is 29.1 Å². The van der Waals surface area contributed by atoms with Gasteiger partial charge >= 0.3 is 5.97 Å². The number of carboxylic acid groups (broad SMARTS) is 1. The first-order valence-electron chi connectivity index (χ1n) is 5.53. The molecule has 0 aliphatic heterocycles. The van der Waals surface area contributed by atoms with Crippen molar-refractivity contribution in [3.8, 4) is 0 Å². The van der Waals surface area contributed by atoms with E-state index in [4.69, 9.17) is 16.7 Å². The van der Waals surface area contributed by atoms with Crippen LogP contribution in [0.1, 0.15) is 20.7 Å². The first-order chi connectivity index (χ1) is 9.88. The van der Waals surface area contributed by atoms with Crippen LogP contribution in [-0.4, -0.2) is 22.0 Å². The number of hydrogen-bond donors (Lipinski definition) is 2. The van der Waals surface area contributed by atoms with Gasteiger partial charge in [0.1, 0.15) is 16.8 Å². The topological polar surface area (TPSA) is 79.3 Å². The Hall–Kier alpha value is -2.54. The van der Waals surface area contributed by atoms with Crippen molar-refractivity contribution in [3.05, 3.63) is 58.4 Å². The minimum atomic E-state index is -1.48. The molecular weight excluding hydrogens is 306 g/mol. The fourth-order valence-corrected chi connectivity index (χ4v) is 1.74. The Labute approximate surface area is 122 Å². The second kappa shape index (κ2) is 5.84. The van der Waals surface area contributed by atoms with Gasteiger partial charge in [-0.3, -0.25) is 4.79 Å². The standard InChI is InChI=1S/C13H7ClF2N2O3/c14-11-9(3-6(15)5-17-11)12(19)18-7-1-2-10(16)8(4-7)13(20)21/h1-5H,(H,18,19)(H,20,21). The number of aromatic nitrogens is 1. The summed E-state index contributed by atoms with van der Waals surface area (Å²) >= 11 is 5.67. The smallest absolute Gasteiger partial charge is 0.338 e. The van der Waals surface area contributed by atoms with Crippen molar-refractivity contribution in [2.24, 2.45) is 0 Å². The molecule has 2 N–H and O–H groups in total. The third kappa shape index (κ3) is 3.32. The van der Waals surface area contributed by atoms with Crippen LogP contribution in [0.5, 0.6) is 0 Å². The van der Waals surface area contributed by atoms with Gasteiger partial charge in [0, 0.05) is 5.69 Å². The van der Waals surface area contributed by atoms with Gasteiger partial charge in [-0.2, -0.15) is 0 Å². The minimum Gasteiger partial charge on any atom is -0.478 e. The largest absolute Gasteiger partial charge is 0.478 e. The normalized spacial score (nSPS) is 10.2. The highest BCUT2D eigenvalue weighted by molar-refractivity contribution is 6.33. The van der Waals surface area contributed by atoms with Crippen LogP contribution in [0.25, 0.3) is 0 Å². The van der Waals surface area contributed by atoms with E-state index in [9.17, 15) is 18.4 Å². The Kier molecular flexibility index (Phi) is 4.13. The first-order valence-corrected chi connectivity index (χ1v) is 5.91. The molecule has 0 fully saturated rings. The van der Waals surface area contributed by atoms with Gasteiger partial charge in [0.2, 0.25) is 0 Å². The molecule has 0 atom stereocenters. The lowest BCUT2D eigenvalue weighted by Crippen LogP contribution is -2.14. The molecule has 0 spiro atoms. The fraction of sp³-hybridized carbons (Fsp3) is 0. The fourth-order valence-electron chi connectivity index (χ4n) is 1.55. The van der Waals surface area contributed by atoms with Crippen molar-refractivity contribution >= 4 is 29.2 Å². The lowest BCUT2D eigenvalue weighted by Gasteiger charge is -2.07. The molecule has 0 unspecified atom stereocenters. The maximum absolute atomic E-state index is 13.2. The summed E-state index contributed by atoms with van der Waals surface area (Å²) in [5.41, 5.74) is -0.798. The SMILES string of the molecule is O=C(O)c1cc(NC(=O)c2cc(F)cnc2Cl)ccc1F. The van der Waals surface area contributed by atoms with E-state index in [2.05, 4.69) is 10.3 Å². The van der Waals surface area contributed by atoms with Crippen molar-refractivity contribution in [2.45, 2.75) is 0 Å². The first kappa shape index (κ1) is 14.9. The molecule has 8 heteroatoms. The Morgan fingerprint density at radius 1 is 1.19 bits per heavy atom. The maximum Gasteiger partial charge on any atom is 0.338 e. The third-order valence-corrected chi connectivity index (χ3v) is 2.81. The summed E-state index contributed by atoms with van der Waals surface area (Å²) in [4.78, 5) is 26.2. The third-order valence-electron chi connectivity index (χ3n) is 2.50. The van der Waals surface area contributed by atoms with Crippen molar-refractivity contribution in [2.75, 3.05) is 5.32 Å². The van der Waals surface area contributed by atoms with Gasteiger partial charge < -0.3 is 10.4 Å². The van der Waals surface area contributed by atoms with E-state index in [0.717, 1.165) is 24.4 Å². The molecule has 1 aromatic carbocycles. The van der Waals surface area contributed by atoms with Gasteiger partial charge in [0.05, 0.1) is 17.3 Å². The Bertz CT molecular complexity index is 737. The van der Waals surface area contributed by atoms with Crippen LogP contribution in [-0.2, 0) is 0 Å². The summed E-state index contributed by atoms with van der Waals surface area (Å²) in [6.07, 6.45) is 0.847. The van der Waals surface area contributed by atoms with Gasteiger partial charge in [-0.1, -0.05) is 11.6 Å². The number of hydrogen-bond acceptors (Lipinski definition) is 3. The predicted molar refractivity (Wildman–Crippen MR) is 70.5 cm³/mol. The second-order valence-electron chi connectivity index (χ2n) is 3.95. The molecule has 21 heavy (non-hydrogen) atoms. The lowest BCUT2D eigenvalue weighted by molar-refractivity contribution is 0.0691. The van der Waals surface area contributed by atoms with E-state index in [0.29, 0.717) is 0 Å². The van der Waals surface area contributed by atoms with E-state index in [1.54, 1.807) is 0 Å². The molecule has 1 aromatic heterocycles. The minimum absolute atomic E-state index is 0.0270. The summed E-state index contributed by atoms with van der Waals surface area (Å²) in [7, 11) is 0. The zero-order valence-electron chi connectivity index (χ0n) is 10.2. The number of carboxylic acids is 1. The lowest BCUT2D eigenvalue weighted by atomic mass is 10.2. The molecule has 0 saturated heterocycles. The van der Waals surface area contributed by atoms with E-state index >= 15 is 0 Å². The molecule has 2 rings (SSSR count). The molecule has 5 nitrogen and oxygen atoms in total. The van der Waals surface area contributed by atoms with Gasteiger partial charge in [0.25, 0.3) is 5.91 Å². The highest BCUT2D eigenvalue weighted by Crippen LogP contribution is 2.18. The number of amides is 1. The van der Waals surface area contributed by atoms with Crippen molar-refractivity contribution < 1.29 is 23.5 Å². The summed E-state index contributed by atoms with van der Waals surface area (Å²) in [6, 6.07) is 3.88. The van der Waals surface area contributed by atoms with Crippen molar-refractivity contribution in [3.63, 3.8) is 0 Å². The molecule has 1 heterocycles. The van der Waals surface area contributed by atoms with E-state index in [-0.39, 0.29) is 16.4 Å². The summed E-state index contributed by atoms with van der Waals surface area (Å²) in [5.74, 6) is -3.97. The zero-order chi connectivity index (χ0) is 15.6. The number of pyridine rings is 1. The molecule has 0 aliphatic rings. The number of halogens is 3. The molecule has 2 aromatic rings. The van der Waals surface area contributed by atoms with E-state index in [1.807, 2.05) is 0 Å². The van der Waals surface area contributed by atoms with Gasteiger partial charge in [-0.05, 0) is 24.3 Å². The molecule has 1 amide bonds. The van der Waals surface area contributed by atoms with Crippen LogP contribution in [0.15, 0.2) is 30.5 Å². The number of rotatable bonds is 3. The second-order valence-corrected chi connectivity index (χ2v) is 4.30. The number of nitrogens with zero attached hydrogens (tertiary/aromatic N) is 1. The highest BCUT2D eigenvalue weighted by atomic mass is 35.5. The predicted octanol–water partition coefficient (Wildman–Crippen LogP) is 2.96. The van der Waals surface area contributed by atoms with Crippen molar-refractivity contribution in [1.82, 2.24) is 4.98 Å². The average molecular weight is 313 g/mol. The Morgan fingerprint density at radius 3 is 2.57 bits per heavy atom. The van der Waals surface area contributed by atoms with Crippen LogP contribution in [0.4, 0.5) is 14.5 Å². The number of benzene rings is 1. The quantitative estimate of drug-likeness (QED) is 0.854. The van der Waals surface area contributed by atoms with Gasteiger partial charge in [-0.15, -0.1) is 0 Å². The van der Waals surface area contributed by atoms with Gasteiger partial charge in [0.15, 0.2) is 0 Å². The van der Waals surface area contributed by atoms with Crippen LogP contribution in [0.3, 0.4) is 0 Å². The number of carbonyl (C=O) groups excluding carboxylic acids is 1. The highest BCUT2D eigenvalue weighted by Gasteiger charge is 2.15. The zero-order valence-corrected chi connectivity index (χ0v) is 11.0. The summed E-state index contributed by atoms with van der Waals surface area (Å²) in [6.45, 7) is 0. The molecule has 0 aliphatic carbocycles. The molecule has 108 valence electrons. The van der Waals surface area contributed by atoms with Crippen LogP contribution >= 0.6 is 11.6 Å². The summed E-state index contributed by atoms with van der Waals surface area (Å²) < 4.78 is 26.3. The summed E-state index contributed by atoms with van der Waals surface area (Å²) in [5, 5.41) is 10.9. The molecule has 0 bridgehead atoms.